The Kier molecular flexibility index (Phi) is 8.58. The molecule has 0 atom stereocenters. The third-order valence-electron chi connectivity index (χ3n) is 7.42. The molecule has 13 heteroatoms. The van der Waals surface area contributed by atoms with E-state index in [9.17, 15) is 31.6 Å². The number of nitrogens with zero attached hydrogens (tertiary/aromatic N) is 4. The fourth-order valence-corrected chi connectivity index (χ4v) is 6.70. The van der Waals surface area contributed by atoms with E-state index in [4.69, 9.17) is 0 Å². The van der Waals surface area contributed by atoms with E-state index in [0.717, 1.165) is 12.3 Å². The number of phenols is 2. The lowest BCUT2D eigenvalue weighted by atomic mass is 10.1. The SMILES string of the molecule is CS(=O)(=O)c1cc(N=Nc2ccc(O)c3ccccc23)ccc1/C=C\c1ccc(N=Nc2ccc(O)c3ccccc23)cc1S(=O)(=O)O. The highest BCUT2D eigenvalue weighted by molar-refractivity contribution is 7.90. The van der Waals surface area contributed by atoms with Crippen molar-refractivity contribution in [3.63, 3.8) is 0 Å². The quantitative estimate of drug-likeness (QED) is 0.0816. The first-order valence-electron chi connectivity index (χ1n) is 14.3. The molecule has 0 radical (unpaired) electrons. The summed E-state index contributed by atoms with van der Waals surface area (Å²) in [6, 6.07) is 28.8. The Morgan fingerprint density at radius 2 is 0.938 bits per heavy atom. The Morgan fingerprint density at radius 1 is 0.521 bits per heavy atom. The summed E-state index contributed by atoms with van der Waals surface area (Å²) in [6.45, 7) is 0. The molecule has 6 aromatic rings. The van der Waals surface area contributed by atoms with Gasteiger partial charge in [-0.25, -0.2) is 8.42 Å². The van der Waals surface area contributed by atoms with Gasteiger partial charge in [0.25, 0.3) is 10.1 Å². The normalized spacial score (nSPS) is 12.6. The average Bonchev–Trinajstić information content (AvgIpc) is 3.06. The number of hydrogen-bond acceptors (Lipinski definition) is 10. The van der Waals surface area contributed by atoms with Crippen LogP contribution in [0.4, 0.5) is 22.7 Å². The van der Waals surface area contributed by atoms with E-state index in [0.29, 0.717) is 32.9 Å². The van der Waals surface area contributed by atoms with Crippen molar-refractivity contribution in [1.82, 2.24) is 0 Å². The van der Waals surface area contributed by atoms with Crippen LogP contribution in [0.3, 0.4) is 0 Å². The van der Waals surface area contributed by atoms with Gasteiger partial charge in [-0.2, -0.15) is 18.6 Å². The molecule has 11 nitrogen and oxygen atoms in total. The summed E-state index contributed by atoms with van der Waals surface area (Å²) >= 11 is 0. The van der Waals surface area contributed by atoms with Crippen LogP contribution in [0, 0.1) is 0 Å². The molecule has 3 N–H and O–H groups in total. The molecule has 0 unspecified atom stereocenters. The summed E-state index contributed by atoms with van der Waals surface area (Å²) in [6.07, 6.45) is 3.82. The molecule has 240 valence electrons. The molecule has 0 aliphatic heterocycles. The van der Waals surface area contributed by atoms with Crippen molar-refractivity contribution in [2.45, 2.75) is 9.79 Å². The number of benzene rings is 6. The predicted octanol–water partition coefficient (Wildman–Crippen LogP) is 9.06. The first-order chi connectivity index (χ1) is 22.9. The van der Waals surface area contributed by atoms with Gasteiger partial charge in [0.2, 0.25) is 0 Å². The Bertz CT molecular complexity index is 2370. The van der Waals surface area contributed by atoms with Crippen molar-refractivity contribution in [1.29, 1.82) is 0 Å². The number of fused-ring (bicyclic) bond motifs is 2. The summed E-state index contributed by atoms with van der Waals surface area (Å²) in [5.41, 5.74) is 1.62. The number of sulfone groups is 1. The van der Waals surface area contributed by atoms with Crippen molar-refractivity contribution in [2.75, 3.05) is 6.26 Å². The molecule has 48 heavy (non-hydrogen) atoms. The standard InChI is InChI=1S/C35H26N4O7S2/c1-47(42,43)34-20-24(36-38-30-16-18-32(40)28-8-4-2-6-26(28)30)14-12-22(34)10-11-23-13-15-25(21-35(23)48(44,45)46)37-39-31-17-19-33(41)29-9-5-3-7-27(29)31/h2-21,40-41H,1H3,(H,44,45,46)/b11-10-,38-36?,39-37?. The van der Waals surface area contributed by atoms with Crippen molar-refractivity contribution < 1.29 is 31.6 Å². The van der Waals surface area contributed by atoms with Gasteiger partial charge >= 0.3 is 0 Å². The Hall–Kier alpha value is -5.76. The van der Waals surface area contributed by atoms with Gasteiger partial charge in [0.15, 0.2) is 9.84 Å². The van der Waals surface area contributed by atoms with Gasteiger partial charge in [0.05, 0.1) is 27.6 Å². The predicted molar refractivity (Wildman–Crippen MR) is 184 cm³/mol. The van der Waals surface area contributed by atoms with Gasteiger partial charge in [-0.05, 0) is 59.7 Å². The highest BCUT2D eigenvalue weighted by atomic mass is 32.2. The first kappa shape index (κ1) is 32.2. The minimum absolute atomic E-state index is 0.0777. The van der Waals surface area contributed by atoms with Gasteiger partial charge in [0, 0.05) is 27.8 Å². The molecular weight excluding hydrogens is 653 g/mol. The molecule has 6 rings (SSSR count). The number of aromatic hydroxyl groups is 2. The fraction of sp³-hybridized carbons (Fsp3) is 0.0286. The molecule has 0 amide bonds. The molecule has 0 aliphatic rings. The van der Waals surface area contributed by atoms with Crippen molar-refractivity contribution in [2.24, 2.45) is 20.5 Å². The van der Waals surface area contributed by atoms with Crippen molar-refractivity contribution in [3.05, 3.63) is 120 Å². The van der Waals surface area contributed by atoms with E-state index in [1.807, 2.05) is 0 Å². The molecule has 0 bridgehead atoms. The maximum Gasteiger partial charge on any atom is 0.295 e. The number of hydrogen-bond donors (Lipinski definition) is 3. The van der Waals surface area contributed by atoms with Crippen LogP contribution in [-0.4, -0.2) is 37.9 Å². The monoisotopic (exact) mass is 678 g/mol. The molecular formula is C35H26N4O7S2. The zero-order valence-corrected chi connectivity index (χ0v) is 26.8. The van der Waals surface area contributed by atoms with Gasteiger partial charge in [0.1, 0.15) is 16.4 Å². The van der Waals surface area contributed by atoms with Gasteiger partial charge < -0.3 is 10.2 Å². The first-order valence-corrected chi connectivity index (χ1v) is 17.6. The number of phenolic OH excluding ortho intramolecular Hbond substituents is 2. The molecule has 0 saturated heterocycles. The Labute approximate surface area is 275 Å². The summed E-state index contributed by atoms with van der Waals surface area (Å²) in [4.78, 5) is -0.538. The molecule has 0 fully saturated rings. The lowest BCUT2D eigenvalue weighted by Crippen LogP contribution is -2.01. The van der Waals surface area contributed by atoms with Crippen molar-refractivity contribution in [3.8, 4) is 11.5 Å². The van der Waals surface area contributed by atoms with Gasteiger partial charge in [-0.1, -0.05) is 72.8 Å². The second kappa shape index (κ2) is 12.8. The van der Waals surface area contributed by atoms with E-state index in [1.54, 1.807) is 66.7 Å². The van der Waals surface area contributed by atoms with E-state index in [2.05, 4.69) is 20.5 Å². The second-order valence-electron chi connectivity index (χ2n) is 10.7. The zero-order valence-electron chi connectivity index (χ0n) is 25.1. The molecule has 0 saturated carbocycles. The minimum atomic E-state index is -4.73. The van der Waals surface area contributed by atoms with E-state index in [-0.39, 0.29) is 38.9 Å². The average molecular weight is 679 g/mol. The fourth-order valence-electron chi connectivity index (χ4n) is 5.10. The van der Waals surface area contributed by atoms with E-state index in [1.165, 1.54) is 48.6 Å². The van der Waals surface area contributed by atoms with Gasteiger partial charge in [-0.15, -0.1) is 10.2 Å². The molecule has 0 aromatic heterocycles. The maximum atomic E-state index is 12.8. The van der Waals surface area contributed by atoms with Crippen LogP contribution >= 0.6 is 0 Å². The summed E-state index contributed by atoms with van der Waals surface area (Å²) in [5.74, 6) is 0.175. The summed E-state index contributed by atoms with van der Waals surface area (Å²) < 4.78 is 60.2. The lowest BCUT2D eigenvalue weighted by molar-refractivity contribution is 0.481. The smallest absolute Gasteiger partial charge is 0.295 e. The van der Waals surface area contributed by atoms with Crippen LogP contribution in [-0.2, 0) is 20.0 Å². The molecule has 6 aromatic carbocycles. The van der Waals surface area contributed by atoms with Crippen LogP contribution in [0.2, 0.25) is 0 Å². The molecule has 0 heterocycles. The maximum absolute atomic E-state index is 12.8. The zero-order chi connectivity index (χ0) is 34.1. The third-order valence-corrected chi connectivity index (χ3v) is 9.48. The molecule has 0 spiro atoms. The largest absolute Gasteiger partial charge is 0.507 e. The van der Waals surface area contributed by atoms with Gasteiger partial charge in [-0.3, -0.25) is 4.55 Å². The topological polar surface area (TPSA) is 178 Å². The van der Waals surface area contributed by atoms with Crippen LogP contribution in [0.15, 0.2) is 139 Å². The summed E-state index contributed by atoms with van der Waals surface area (Å²) in [5, 5.41) is 39.6. The lowest BCUT2D eigenvalue weighted by Gasteiger charge is -2.07. The minimum Gasteiger partial charge on any atom is -0.507 e. The van der Waals surface area contributed by atoms with Crippen LogP contribution in [0.25, 0.3) is 33.7 Å². The highest BCUT2D eigenvalue weighted by Gasteiger charge is 2.17. The van der Waals surface area contributed by atoms with Crippen LogP contribution < -0.4 is 0 Å². The number of rotatable bonds is 8. The second-order valence-corrected chi connectivity index (χ2v) is 14.1. The number of azo groups is 2. The van der Waals surface area contributed by atoms with Crippen LogP contribution in [0.1, 0.15) is 11.1 Å². The van der Waals surface area contributed by atoms with E-state index < -0.39 is 24.9 Å². The Balaban J connectivity index is 1.32. The third kappa shape index (κ3) is 6.83. The Morgan fingerprint density at radius 3 is 1.38 bits per heavy atom. The van der Waals surface area contributed by atoms with Crippen molar-refractivity contribution >= 4 is 76.4 Å². The highest BCUT2D eigenvalue weighted by Crippen LogP contribution is 2.36. The van der Waals surface area contributed by atoms with Crippen LogP contribution in [0.5, 0.6) is 11.5 Å². The van der Waals surface area contributed by atoms with E-state index >= 15 is 0 Å². The molecule has 0 aliphatic carbocycles. The summed E-state index contributed by atoms with van der Waals surface area (Å²) in [7, 11) is -8.51.